The van der Waals surface area contributed by atoms with Crippen LogP contribution in [0, 0.1) is 16.7 Å². The molecule has 33 heavy (non-hydrogen) atoms. The van der Waals surface area contributed by atoms with Crippen molar-refractivity contribution in [2.24, 2.45) is 16.7 Å². The SMILES string of the molecule is CC1=C[C@@](C)(O)[C@@H](C)O[C@H]1/C(C)=C/C=C/C=C/C=C/C=C/C1(C)C2OC(=O)C1(C)C(=O)C2C. The van der Waals surface area contributed by atoms with Gasteiger partial charge in [0.15, 0.2) is 5.78 Å². The second-order valence-corrected chi connectivity index (χ2v) is 10.1. The molecule has 0 radical (unpaired) electrons. The summed E-state index contributed by atoms with van der Waals surface area (Å²) >= 11 is 0. The first-order valence-electron chi connectivity index (χ1n) is 11.5. The molecule has 1 saturated heterocycles. The van der Waals surface area contributed by atoms with Crippen molar-refractivity contribution in [3.05, 3.63) is 71.9 Å². The zero-order valence-corrected chi connectivity index (χ0v) is 20.7. The van der Waals surface area contributed by atoms with Crippen molar-refractivity contribution in [2.45, 2.75) is 72.4 Å². The molecule has 2 bridgehead atoms. The molecule has 1 aliphatic carbocycles. The van der Waals surface area contributed by atoms with Crippen LogP contribution in [-0.2, 0) is 19.1 Å². The van der Waals surface area contributed by atoms with Crippen LogP contribution < -0.4 is 0 Å². The van der Waals surface area contributed by atoms with Gasteiger partial charge in [0.1, 0.15) is 17.1 Å². The van der Waals surface area contributed by atoms with Crippen molar-refractivity contribution in [1.29, 1.82) is 0 Å². The summed E-state index contributed by atoms with van der Waals surface area (Å²) in [6.45, 7) is 13.1. The molecule has 3 aliphatic rings. The molecule has 1 saturated carbocycles. The average molecular weight is 453 g/mol. The fourth-order valence-corrected chi connectivity index (χ4v) is 5.14. The number of carbonyl (C=O) groups excluding carboxylic acids is 2. The molecule has 5 heteroatoms. The lowest BCUT2D eigenvalue weighted by Gasteiger charge is -2.37. The van der Waals surface area contributed by atoms with Gasteiger partial charge < -0.3 is 14.6 Å². The number of aliphatic hydroxyl groups is 1. The van der Waals surface area contributed by atoms with Crippen LogP contribution in [0.25, 0.3) is 0 Å². The van der Waals surface area contributed by atoms with Crippen LogP contribution in [0.3, 0.4) is 0 Å². The Morgan fingerprint density at radius 2 is 1.58 bits per heavy atom. The highest BCUT2D eigenvalue weighted by Gasteiger charge is 2.73. The van der Waals surface area contributed by atoms with E-state index in [4.69, 9.17) is 9.47 Å². The minimum Gasteiger partial charge on any atom is -0.460 e. The number of esters is 1. The van der Waals surface area contributed by atoms with Gasteiger partial charge in [0, 0.05) is 5.41 Å². The lowest BCUT2D eigenvalue weighted by molar-refractivity contribution is -0.161. The summed E-state index contributed by atoms with van der Waals surface area (Å²) in [6, 6.07) is 0. The Morgan fingerprint density at radius 1 is 1.00 bits per heavy atom. The summed E-state index contributed by atoms with van der Waals surface area (Å²) in [5, 5.41) is 10.3. The fourth-order valence-electron chi connectivity index (χ4n) is 5.14. The molecule has 0 aromatic rings. The van der Waals surface area contributed by atoms with E-state index in [0.717, 1.165) is 11.1 Å². The number of rotatable bonds is 6. The lowest BCUT2D eigenvalue weighted by Crippen LogP contribution is -2.44. The van der Waals surface area contributed by atoms with E-state index in [9.17, 15) is 14.7 Å². The van der Waals surface area contributed by atoms with E-state index in [2.05, 4.69) is 0 Å². The van der Waals surface area contributed by atoms with Gasteiger partial charge in [-0.05, 0) is 51.8 Å². The first kappa shape index (κ1) is 25.1. The number of hydrogen-bond acceptors (Lipinski definition) is 5. The number of allylic oxidation sites excluding steroid dienone is 8. The second-order valence-electron chi connectivity index (χ2n) is 10.1. The molecule has 4 unspecified atom stereocenters. The third kappa shape index (κ3) is 4.24. The molecule has 2 fully saturated rings. The van der Waals surface area contributed by atoms with Crippen LogP contribution in [0.4, 0.5) is 0 Å². The van der Waals surface area contributed by atoms with Gasteiger partial charge in [0.05, 0.1) is 18.1 Å². The van der Waals surface area contributed by atoms with Crippen molar-refractivity contribution >= 4 is 11.8 Å². The highest BCUT2D eigenvalue weighted by molar-refractivity contribution is 6.10. The molecule has 0 amide bonds. The number of hydrogen-bond donors (Lipinski definition) is 1. The van der Waals surface area contributed by atoms with Crippen LogP contribution in [0.15, 0.2) is 71.9 Å². The Labute approximate surface area is 197 Å². The van der Waals surface area contributed by atoms with Gasteiger partial charge >= 0.3 is 5.97 Å². The van der Waals surface area contributed by atoms with Gasteiger partial charge in [-0.1, -0.05) is 68.5 Å². The molecule has 2 heterocycles. The van der Waals surface area contributed by atoms with Crippen LogP contribution >= 0.6 is 0 Å². The van der Waals surface area contributed by atoms with E-state index >= 15 is 0 Å². The van der Waals surface area contributed by atoms with E-state index in [0.29, 0.717) is 0 Å². The number of Topliss-reactive ketones (excluding diaryl/α,β-unsaturated/α-hetero) is 1. The standard InChI is InChI=1S/C28H36O5/c1-18(22-19(2)17-27(6,31)21(4)32-22)15-13-11-9-8-10-12-14-16-26(5)24-20(3)23(29)28(26,7)25(30)33-24/h8-17,20-22,24,31H,1-7H3/b9-8+,12-10+,13-11+,16-14+,18-15+/t20?,21-,22+,24?,26?,27-,28?/m1/s1. The van der Waals surface area contributed by atoms with Gasteiger partial charge in [-0.15, -0.1) is 0 Å². The maximum Gasteiger partial charge on any atom is 0.320 e. The van der Waals surface area contributed by atoms with Gasteiger partial charge in [0.2, 0.25) is 0 Å². The minimum atomic E-state index is -1.10. The summed E-state index contributed by atoms with van der Waals surface area (Å²) in [5.41, 5.74) is -0.596. The van der Waals surface area contributed by atoms with Crippen LogP contribution in [0.2, 0.25) is 0 Å². The van der Waals surface area contributed by atoms with Crippen molar-refractivity contribution < 1.29 is 24.2 Å². The van der Waals surface area contributed by atoms with Crippen LogP contribution in [0.1, 0.15) is 48.5 Å². The number of ketones is 1. The molecule has 2 aliphatic heterocycles. The van der Waals surface area contributed by atoms with Crippen molar-refractivity contribution in [3.63, 3.8) is 0 Å². The smallest absolute Gasteiger partial charge is 0.320 e. The molecule has 3 rings (SSSR count). The molecule has 5 nitrogen and oxygen atoms in total. The highest BCUT2D eigenvalue weighted by Crippen LogP contribution is 2.60. The first-order chi connectivity index (χ1) is 15.4. The molecule has 1 N–H and O–H groups in total. The number of ether oxygens (including phenoxy) is 2. The van der Waals surface area contributed by atoms with Gasteiger partial charge in [0.25, 0.3) is 0 Å². The van der Waals surface area contributed by atoms with Crippen molar-refractivity contribution in [1.82, 2.24) is 0 Å². The number of carbonyl (C=O) groups is 2. The Bertz CT molecular complexity index is 992. The molecule has 0 spiro atoms. The summed E-state index contributed by atoms with van der Waals surface area (Å²) in [5.74, 6) is -0.718. The zero-order chi connectivity index (χ0) is 24.6. The van der Waals surface area contributed by atoms with Crippen molar-refractivity contribution in [3.8, 4) is 0 Å². The minimum absolute atomic E-state index is 0.0302. The summed E-state index contributed by atoms with van der Waals surface area (Å²) < 4.78 is 11.5. The fraction of sp³-hybridized carbons (Fsp3) is 0.500. The van der Waals surface area contributed by atoms with Crippen LogP contribution in [-0.4, -0.2) is 40.8 Å². The van der Waals surface area contributed by atoms with E-state index in [-0.39, 0.29) is 23.9 Å². The first-order valence-corrected chi connectivity index (χ1v) is 11.5. The predicted molar refractivity (Wildman–Crippen MR) is 129 cm³/mol. The average Bonchev–Trinajstić information content (AvgIpc) is 3.02. The second kappa shape index (κ2) is 9.03. The zero-order valence-electron chi connectivity index (χ0n) is 20.7. The molecule has 0 aromatic heterocycles. The normalized spacial score (nSPS) is 41.8. The summed E-state index contributed by atoms with van der Waals surface area (Å²) in [6.07, 6.45) is 18.4. The lowest BCUT2D eigenvalue weighted by atomic mass is 9.68. The van der Waals surface area contributed by atoms with Gasteiger partial charge in [-0.25, -0.2) is 0 Å². The quantitative estimate of drug-likeness (QED) is 0.271. The molecule has 7 atom stereocenters. The topological polar surface area (TPSA) is 72.8 Å². The third-order valence-electron chi connectivity index (χ3n) is 7.65. The maximum atomic E-state index is 12.6. The Hall–Kier alpha value is -2.50. The highest BCUT2D eigenvalue weighted by atomic mass is 16.6. The largest absolute Gasteiger partial charge is 0.460 e. The van der Waals surface area contributed by atoms with Crippen LogP contribution in [0.5, 0.6) is 0 Å². The Kier molecular flexibility index (Phi) is 6.88. The summed E-state index contributed by atoms with van der Waals surface area (Å²) in [7, 11) is 0. The van der Waals surface area contributed by atoms with E-state index in [1.54, 1.807) is 13.8 Å². The summed E-state index contributed by atoms with van der Waals surface area (Å²) in [4.78, 5) is 24.8. The number of fused-ring (bicyclic) bond motifs is 2. The van der Waals surface area contributed by atoms with E-state index < -0.39 is 28.5 Å². The van der Waals surface area contributed by atoms with E-state index in [1.807, 2.05) is 95.4 Å². The maximum absolute atomic E-state index is 12.6. The Morgan fingerprint density at radius 3 is 2.18 bits per heavy atom. The van der Waals surface area contributed by atoms with E-state index in [1.165, 1.54) is 0 Å². The molecule has 0 aromatic carbocycles. The van der Waals surface area contributed by atoms with Gasteiger partial charge in [-0.3, -0.25) is 9.59 Å². The van der Waals surface area contributed by atoms with Crippen molar-refractivity contribution in [2.75, 3.05) is 0 Å². The molecule has 178 valence electrons. The predicted octanol–water partition coefficient (Wildman–Crippen LogP) is 4.80. The van der Waals surface area contributed by atoms with Gasteiger partial charge in [-0.2, -0.15) is 0 Å². The molecular formula is C28H36O5. The third-order valence-corrected chi connectivity index (χ3v) is 7.65. The molecular weight excluding hydrogens is 416 g/mol. The Balaban J connectivity index is 1.56. The monoisotopic (exact) mass is 452 g/mol.